The molecule has 0 radical (unpaired) electrons. The summed E-state index contributed by atoms with van der Waals surface area (Å²) < 4.78 is 7.65. The number of halogens is 2. The van der Waals surface area contributed by atoms with Crippen LogP contribution in [0.3, 0.4) is 0 Å². The van der Waals surface area contributed by atoms with E-state index in [1.165, 1.54) is 0 Å². The Labute approximate surface area is 129 Å². The summed E-state index contributed by atoms with van der Waals surface area (Å²) in [4.78, 5) is 8.44. The molecule has 0 fully saturated rings. The Hall–Kier alpha value is -0.940. The van der Waals surface area contributed by atoms with E-state index in [0.29, 0.717) is 17.6 Å². The Morgan fingerprint density at radius 3 is 2.47 bits per heavy atom. The fourth-order valence-electron chi connectivity index (χ4n) is 1.73. The van der Waals surface area contributed by atoms with Crippen LogP contribution < -0.4 is 4.74 Å². The molecule has 0 aliphatic carbocycles. The Bertz CT molecular complexity index is 580. The molecule has 2 aromatic rings. The average molecular weight is 386 g/mol. The van der Waals surface area contributed by atoms with Gasteiger partial charge >= 0.3 is 0 Å². The molecule has 2 rings (SSSR count). The average Bonchev–Trinajstić information content (AvgIpc) is 2.30. The van der Waals surface area contributed by atoms with Crippen molar-refractivity contribution in [1.29, 1.82) is 0 Å². The monoisotopic (exact) mass is 384 g/mol. The number of hydrogen-bond acceptors (Lipinski definition) is 3. The number of rotatable bonds is 3. The first-order valence-electron chi connectivity index (χ1n) is 5.94. The Balaban J connectivity index is 2.37. The van der Waals surface area contributed by atoms with Crippen LogP contribution in [-0.2, 0) is 0 Å². The van der Waals surface area contributed by atoms with E-state index in [1.54, 1.807) is 6.07 Å². The van der Waals surface area contributed by atoms with Gasteiger partial charge in [-0.25, -0.2) is 4.98 Å². The van der Waals surface area contributed by atoms with Crippen molar-refractivity contribution in [1.82, 2.24) is 9.97 Å². The number of benzene rings is 1. The molecule has 1 aromatic heterocycles. The zero-order valence-electron chi connectivity index (χ0n) is 10.9. The van der Waals surface area contributed by atoms with Crippen LogP contribution in [0.1, 0.15) is 31.2 Å². The number of aromatic nitrogens is 2. The summed E-state index contributed by atoms with van der Waals surface area (Å²) in [5.41, 5.74) is 1.14. The predicted molar refractivity (Wildman–Crippen MR) is 82.8 cm³/mol. The lowest BCUT2D eigenvalue weighted by molar-refractivity contribution is 0.450. The van der Waals surface area contributed by atoms with Crippen LogP contribution in [0.5, 0.6) is 11.6 Å². The summed E-state index contributed by atoms with van der Waals surface area (Å²) in [7, 11) is 0. The minimum Gasteiger partial charge on any atom is -0.439 e. The molecule has 0 saturated carbocycles. The van der Waals surface area contributed by atoms with Gasteiger partial charge in [0.15, 0.2) is 0 Å². The highest BCUT2D eigenvalue weighted by Gasteiger charge is 2.11. The summed E-state index contributed by atoms with van der Waals surface area (Å²) in [6.07, 6.45) is 0. The van der Waals surface area contributed by atoms with E-state index < -0.39 is 0 Å². The van der Waals surface area contributed by atoms with Crippen LogP contribution >= 0.6 is 31.9 Å². The number of ether oxygens (including phenoxy) is 1. The number of aryl methyl sites for hydroxylation is 1. The predicted octanol–water partition coefficient (Wildman–Crippen LogP) is 5.23. The van der Waals surface area contributed by atoms with Crippen LogP contribution in [0.4, 0.5) is 0 Å². The molecule has 0 aliphatic heterocycles. The first-order valence-corrected chi connectivity index (χ1v) is 7.53. The first-order chi connectivity index (χ1) is 8.95. The van der Waals surface area contributed by atoms with Crippen molar-refractivity contribution in [2.75, 3.05) is 0 Å². The SMILES string of the molecule is Cc1nc(Br)cc(Oc2ccc(Br)cc2C(C)C)n1. The molecule has 1 aromatic carbocycles. The van der Waals surface area contributed by atoms with Crippen molar-refractivity contribution < 1.29 is 4.74 Å². The van der Waals surface area contributed by atoms with Crippen molar-refractivity contribution >= 4 is 31.9 Å². The molecule has 0 unspecified atom stereocenters. The lowest BCUT2D eigenvalue weighted by atomic mass is 10.0. The second kappa shape index (κ2) is 6.01. The van der Waals surface area contributed by atoms with Gasteiger partial charge in [0.1, 0.15) is 16.2 Å². The second-order valence-electron chi connectivity index (χ2n) is 4.52. The van der Waals surface area contributed by atoms with Crippen molar-refractivity contribution in [3.8, 4) is 11.6 Å². The van der Waals surface area contributed by atoms with E-state index in [-0.39, 0.29) is 0 Å². The lowest BCUT2D eigenvalue weighted by Crippen LogP contribution is -1.97. The molecule has 1 heterocycles. The Kier molecular flexibility index (Phi) is 4.58. The van der Waals surface area contributed by atoms with E-state index in [2.05, 4.69) is 61.7 Å². The molecule has 0 atom stereocenters. The van der Waals surface area contributed by atoms with Gasteiger partial charge in [-0.15, -0.1) is 0 Å². The standard InChI is InChI=1S/C14H14Br2N2O/c1-8(2)11-6-10(15)4-5-12(11)19-14-7-13(16)17-9(3)18-14/h4-8H,1-3H3. The molecular formula is C14H14Br2N2O. The Morgan fingerprint density at radius 2 is 1.84 bits per heavy atom. The molecule has 19 heavy (non-hydrogen) atoms. The van der Waals surface area contributed by atoms with Crippen molar-refractivity contribution in [3.63, 3.8) is 0 Å². The molecule has 5 heteroatoms. The van der Waals surface area contributed by atoms with Gasteiger partial charge in [-0.3, -0.25) is 0 Å². The van der Waals surface area contributed by atoms with Crippen molar-refractivity contribution in [2.24, 2.45) is 0 Å². The minimum atomic E-state index is 0.374. The topological polar surface area (TPSA) is 35.0 Å². The highest BCUT2D eigenvalue weighted by atomic mass is 79.9. The summed E-state index contributed by atoms with van der Waals surface area (Å²) in [6.45, 7) is 6.11. The van der Waals surface area contributed by atoms with E-state index in [9.17, 15) is 0 Å². The quantitative estimate of drug-likeness (QED) is 0.679. The molecule has 0 bridgehead atoms. The summed E-state index contributed by atoms with van der Waals surface area (Å²) in [5.74, 6) is 2.42. The molecule has 3 nitrogen and oxygen atoms in total. The fraction of sp³-hybridized carbons (Fsp3) is 0.286. The first kappa shape index (κ1) is 14.5. The lowest BCUT2D eigenvalue weighted by Gasteiger charge is -2.14. The van der Waals surface area contributed by atoms with E-state index in [1.807, 2.05) is 19.1 Å². The van der Waals surface area contributed by atoms with Gasteiger partial charge in [0.2, 0.25) is 5.88 Å². The third-order valence-corrected chi connectivity index (χ3v) is 3.49. The normalized spacial score (nSPS) is 10.8. The second-order valence-corrected chi connectivity index (χ2v) is 6.24. The third-order valence-electron chi connectivity index (χ3n) is 2.59. The van der Waals surface area contributed by atoms with Gasteiger partial charge in [-0.2, -0.15) is 4.98 Å². The number of hydrogen-bond donors (Lipinski definition) is 0. The van der Waals surface area contributed by atoms with Gasteiger partial charge < -0.3 is 4.74 Å². The van der Waals surface area contributed by atoms with Crippen molar-refractivity contribution in [2.45, 2.75) is 26.7 Å². The highest BCUT2D eigenvalue weighted by Crippen LogP contribution is 2.32. The maximum absolute atomic E-state index is 5.89. The van der Waals surface area contributed by atoms with Crippen LogP contribution in [-0.4, -0.2) is 9.97 Å². The molecule has 0 spiro atoms. The minimum absolute atomic E-state index is 0.374. The van der Waals surface area contributed by atoms with E-state index in [4.69, 9.17) is 4.74 Å². The molecule has 0 amide bonds. The smallest absolute Gasteiger partial charge is 0.223 e. The number of nitrogens with zero attached hydrogens (tertiary/aromatic N) is 2. The summed E-state index contributed by atoms with van der Waals surface area (Å²) in [6, 6.07) is 7.75. The molecule has 0 aliphatic rings. The Morgan fingerprint density at radius 1 is 1.11 bits per heavy atom. The maximum Gasteiger partial charge on any atom is 0.223 e. The molecular weight excluding hydrogens is 372 g/mol. The van der Waals surface area contributed by atoms with Gasteiger partial charge in [-0.1, -0.05) is 29.8 Å². The van der Waals surface area contributed by atoms with E-state index in [0.717, 1.165) is 20.4 Å². The van der Waals surface area contributed by atoms with Crippen LogP contribution in [0, 0.1) is 6.92 Å². The van der Waals surface area contributed by atoms with Gasteiger partial charge in [0.25, 0.3) is 0 Å². The molecule has 0 saturated heterocycles. The van der Waals surface area contributed by atoms with Crippen LogP contribution in [0.2, 0.25) is 0 Å². The summed E-state index contributed by atoms with van der Waals surface area (Å²) >= 11 is 6.83. The molecule has 0 N–H and O–H groups in total. The fourth-order valence-corrected chi connectivity index (χ4v) is 2.57. The zero-order valence-corrected chi connectivity index (χ0v) is 14.1. The maximum atomic E-state index is 5.89. The third kappa shape index (κ3) is 3.76. The highest BCUT2D eigenvalue weighted by molar-refractivity contribution is 9.10. The van der Waals surface area contributed by atoms with Gasteiger partial charge in [-0.05, 0) is 52.5 Å². The van der Waals surface area contributed by atoms with Crippen LogP contribution in [0.25, 0.3) is 0 Å². The largest absolute Gasteiger partial charge is 0.439 e. The van der Waals surface area contributed by atoms with E-state index >= 15 is 0 Å². The molecule has 100 valence electrons. The van der Waals surface area contributed by atoms with Gasteiger partial charge in [0, 0.05) is 10.5 Å². The summed E-state index contributed by atoms with van der Waals surface area (Å²) in [5, 5.41) is 0. The van der Waals surface area contributed by atoms with Gasteiger partial charge in [0.05, 0.1) is 0 Å². The van der Waals surface area contributed by atoms with Crippen LogP contribution in [0.15, 0.2) is 33.3 Å². The zero-order chi connectivity index (χ0) is 14.0. The van der Waals surface area contributed by atoms with Crippen molar-refractivity contribution in [3.05, 3.63) is 44.7 Å².